The van der Waals surface area contributed by atoms with Crippen LogP contribution < -0.4 is 15.4 Å². The Morgan fingerprint density at radius 3 is 2.59 bits per heavy atom. The van der Waals surface area contributed by atoms with Crippen molar-refractivity contribution in [3.05, 3.63) is 41.2 Å². The standard InChI is InChI=1S/C26H38N6O5/c1-15(2)27-26(36)30(6)13-22-16(3)12-32(18(5)14-33)25(35)19-9-8-10-20(23(19)37-22)28-24(34)21-11-17(4)29-31(21)7/h8-11,15-16,18,22,33H,12-14H2,1-7H3,(H,27,36)(H,28,34)/t16-,18+,22-/m1/s1. The van der Waals surface area contributed by atoms with Gasteiger partial charge in [-0.25, -0.2) is 4.79 Å². The summed E-state index contributed by atoms with van der Waals surface area (Å²) in [4.78, 5) is 42.4. The Hall–Kier alpha value is -3.60. The first-order valence-electron chi connectivity index (χ1n) is 12.5. The van der Waals surface area contributed by atoms with Crippen LogP contribution in [0.15, 0.2) is 24.3 Å². The number of carbonyl (C=O) groups excluding carboxylic acids is 3. The third-order valence-electron chi connectivity index (χ3n) is 6.39. The number of aromatic nitrogens is 2. The van der Waals surface area contributed by atoms with Crippen molar-refractivity contribution in [1.82, 2.24) is 24.9 Å². The molecule has 11 heteroatoms. The number of hydrogen-bond acceptors (Lipinski definition) is 6. The molecule has 0 radical (unpaired) electrons. The molecule has 0 spiro atoms. The lowest BCUT2D eigenvalue weighted by Crippen LogP contribution is -2.51. The number of fused-ring (bicyclic) bond motifs is 1. The normalized spacial score (nSPS) is 18.4. The van der Waals surface area contributed by atoms with E-state index >= 15 is 0 Å². The fourth-order valence-electron chi connectivity index (χ4n) is 4.28. The Morgan fingerprint density at radius 2 is 2.00 bits per heavy atom. The van der Waals surface area contributed by atoms with Crippen molar-refractivity contribution in [2.45, 2.75) is 52.8 Å². The van der Waals surface area contributed by atoms with Crippen molar-refractivity contribution >= 4 is 23.5 Å². The molecule has 1 aromatic carbocycles. The first-order chi connectivity index (χ1) is 17.4. The summed E-state index contributed by atoms with van der Waals surface area (Å²) in [5, 5.41) is 19.8. The first kappa shape index (κ1) is 28.0. The van der Waals surface area contributed by atoms with Gasteiger partial charge in [-0.15, -0.1) is 0 Å². The molecule has 3 N–H and O–H groups in total. The van der Waals surface area contributed by atoms with Gasteiger partial charge in [-0.1, -0.05) is 13.0 Å². The lowest BCUT2D eigenvalue weighted by molar-refractivity contribution is 0.0368. The van der Waals surface area contributed by atoms with Crippen molar-refractivity contribution in [3.8, 4) is 5.75 Å². The van der Waals surface area contributed by atoms with E-state index in [1.54, 1.807) is 62.0 Å². The predicted molar refractivity (Wildman–Crippen MR) is 140 cm³/mol. The van der Waals surface area contributed by atoms with Crippen LogP contribution in [0.5, 0.6) is 5.75 Å². The van der Waals surface area contributed by atoms with E-state index in [9.17, 15) is 19.5 Å². The number of aryl methyl sites for hydroxylation is 2. The van der Waals surface area contributed by atoms with Gasteiger partial charge in [0.15, 0.2) is 5.75 Å². The van der Waals surface area contributed by atoms with E-state index in [4.69, 9.17) is 4.74 Å². The van der Waals surface area contributed by atoms with Gasteiger partial charge in [0.25, 0.3) is 11.8 Å². The minimum Gasteiger partial charge on any atom is -0.485 e. The van der Waals surface area contributed by atoms with Crippen LogP contribution in [0.4, 0.5) is 10.5 Å². The minimum atomic E-state index is -0.500. The van der Waals surface area contributed by atoms with Crippen LogP contribution in [0.2, 0.25) is 0 Å². The molecule has 2 aromatic rings. The van der Waals surface area contributed by atoms with Crippen LogP contribution in [0, 0.1) is 12.8 Å². The average molecular weight is 515 g/mol. The SMILES string of the molecule is Cc1cc(C(=O)Nc2cccc3c2O[C@H](CN(C)C(=O)NC(C)C)[C@H](C)CN([C@@H](C)CO)C3=O)n(C)n1. The Bertz CT molecular complexity index is 1150. The lowest BCUT2D eigenvalue weighted by Gasteiger charge is -2.38. The van der Waals surface area contributed by atoms with Gasteiger partial charge >= 0.3 is 6.03 Å². The van der Waals surface area contributed by atoms with E-state index in [2.05, 4.69) is 15.7 Å². The summed E-state index contributed by atoms with van der Waals surface area (Å²) in [6, 6.07) is 5.96. The maximum Gasteiger partial charge on any atom is 0.317 e. The van der Waals surface area contributed by atoms with Gasteiger partial charge in [0.05, 0.1) is 36.1 Å². The van der Waals surface area contributed by atoms with Crippen molar-refractivity contribution in [3.63, 3.8) is 0 Å². The summed E-state index contributed by atoms with van der Waals surface area (Å²) in [6.45, 7) is 9.66. The number of rotatable bonds is 7. The summed E-state index contributed by atoms with van der Waals surface area (Å²) in [5.41, 5.74) is 1.66. The topological polar surface area (TPSA) is 129 Å². The molecule has 1 aromatic heterocycles. The molecule has 202 valence electrons. The molecule has 3 rings (SSSR count). The van der Waals surface area contributed by atoms with E-state index in [-0.39, 0.29) is 48.4 Å². The summed E-state index contributed by atoms with van der Waals surface area (Å²) in [7, 11) is 3.37. The van der Waals surface area contributed by atoms with Crippen molar-refractivity contribution in [1.29, 1.82) is 0 Å². The van der Waals surface area contributed by atoms with Crippen LogP contribution in [-0.4, -0.2) is 87.5 Å². The van der Waals surface area contributed by atoms with Crippen molar-refractivity contribution in [2.24, 2.45) is 13.0 Å². The van der Waals surface area contributed by atoms with Gasteiger partial charge in [0.1, 0.15) is 11.8 Å². The maximum absolute atomic E-state index is 13.6. The largest absolute Gasteiger partial charge is 0.485 e. The molecule has 0 aliphatic carbocycles. The fraction of sp³-hybridized carbons (Fsp3) is 0.538. The van der Waals surface area contributed by atoms with Crippen molar-refractivity contribution in [2.75, 3.05) is 32.1 Å². The predicted octanol–water partition coefficient (Wildman–Crippen LogP) is 2.25. The molecule has 0 fully saturated rings. The number of urea groups is 1. The molecule has 3 atom stereocenters. The summed E-state index contributed by atoms with van der Waals surface area (Å²) < 4.78 is 7.93. The number of amides is 4. The Kier molecular flexibility index (Phi) is 8.80. The number of para-hydroxylation sites is 1. The van der Waals surface area contributed by atoms with Gasteiger partial charge in [-0.3, -0.25) is 14.3 Å². The highest BCUT2D eigenvalue weighted by Gasteiger charge is 2.35. The van der Waals surface area contributed by atoms with Crippen LogP contribution in [-0.2, 0) is 7.05 Å². The molecular weight excluding hydrogens is 476 g/mol. The highest BCUT2D eigenvalue weighted by molar-refractivity contribution is 6.06. The van der Waals surface area contributed by atoms with Crippen LogP contribution >= 0.6 is 0 Å². The zero-order valence-corrected chi connectivity index (χ0v) is 22.6. The Labute approximate surface area is 217 Å². The summed E-state index contributed by atoms with van der Waals surface area (Å²) in [6.07, 6.45) is -0.500. The second kappa shape index (κ2) is 11.6. The van der Waals surface area contributed by atoms with Gasteiger partial charge in [0, 0.05) is 32.6 Å². The van der Waals surface area contributed by atoms with E-state index < -0.39 is 18.1 Å². The van der Waals surface area contributed by atoms with Gasteiger partial charge in [-0.2, -0.15) is 5.10 Å². The number of nitrogens with one attached hydrogen (secondary N) is 2. The molecule has 0 bridgehead atoms. The molecule has 1 aliphatic heterocycles. The fourth-order valence-corrected chi connectivity index (χ4v) is 4.28. The second-order valence-electron chi connectivity index (χ2n) is 10.0. The number of ether oxygens (including phenoxy) is 1. The molecule has 0 saturated carbocycles. The van der Waals surface area contributed by atoms with Gasteiger partial charge in [0.2, 0.25) is 0 Å². The second-order valence-corrected chi connectivity index (χ2v) is 10.0. The molecular formula is C26H38N6O5. The quantitative estimate of drug-likeness (QED) is 0.520. The smallest absolute Gasteiger partial charge is 0.317 e. The Balaban J connectivity index is 2.02. The number of aliphatic hydroxyl groups excluding tert-OH is 1. The number of aliphatic hydroxyl groups is 1. The first-order valence-corrected chi connectivity index (χ1v) is 12.5. The highest BCUT2D eigenvalue weighted by Crippen LogP contribution is 2.35. The maximum atomic E-state index is 13.6. The number of benzene rings is 1. The summed E-state index contributed by atoms with van der Waals surface area (Å²) >= 11 is 0. The summed E-state index contributed by atoms with van der Waals surface area (Å²) in [5.74, 6) is -0.665. The molecule has 1 aliphatic rings. The highest BCUT2D eigenvalue weighted by atomic mass is 16.5. The average Bonchev–Trinajstić information content (AvgIpc) is 3.18. The van der Waals surface area contributed by atoms with E-state index in [0.717, 1.165) is 0 Å². The van der Waals surface area contributed by atoms with Crippen LogP contribution in [0.3, 0.4) is 0 Å². The zero-order valence-electron chi connectivity index (χ0n) is 22.6. The number of nitrogens with zero attached hydrogens (tertiary/aromatic N) is 4. The number of anilines is 1. The number of hydrogen-bond donors (Lipinski definition) is 3. The van der Waals surface area contributed by atoms with E-state index in [0.29, 0.717) is 23.6 Å². The lowest BCUT2D eigenvalue weighted by atomic mass is 9.99. The Morgan fingerprint density at radius 1 is 1.30 bits per heavy atom. The molecule has 11 nitrogen and oxygen atoms in total. The van der Waals surface area contributed by atoms with E-state index in [1.807, 2.05) is 20.8 Å². The number of likely N-dealkylation sites (N-methyl/N-ethyl adjacent to an activating group) is 1. The number of carbonyl (C=O) groups is 3. The zero-order chi connectivity index (χ0) is 27.4. The molecule has 37 heavy (non-hydrogen) atoms. The van der Waals surface area contributed by atoms with Crippen LogP contribution in [0.1, 0.15) is 54.2 Å². The third-order valence-corrected chi connectivity index (χ3v) is 6.39. The monoisotopic (exact) mass is 514 g/mol. The van der Waals surface area contributed by atoms with Crippen LogP contribution in [0.25, 0.3) is 0 Å². The van der Waals surface area contributed by atoms with Crippen molar-refractivity contribution < 1.29 is 24.2 Å². The molecule has 2 heterocycles. The van der Waals surface area contributed by atoms with E-state index in [1.165, 1.54) is 4.68 Å². The third kappa shape index (κ3) is 6.40. The molecule has 0 unspecified atom stereocenters. The minimum absolute atomic E-state index is 0.0256. The molecule has 4 amide bonds. The van der Waals surface area contributed by atoms with Gasteiger partial charge in [-0.05, 0) is 45.9 Å². The van der Waals surface area contributed by atoms with Gasteiger partial charge < -0.3 is 30.3 Å². The molecule has 0 saturated heterocycles.